The monoisotopic (exact) mass is 564 g/mol. The summed E-state index contributed by atoms with van der Waals surface area (Å²) >= 11 is 0. The Kier molecular flexibility index (Phi) is 9.13. The summed E-state index contributed by atoms with van der Waals surface area (Å²) in [6.07, 6.45) is -0.573. The molecule has 0 bridgehead atoms. The van der Waals surface area contributed by atoms with E-state index < -0.39 is 18.2 Å². The number of aromatic nitrogens is 1. The zero-order chi connectivity index (χ0) is 29.7. The van der Waals surface area contributed by atoms with Crippen molar-refractivity contribution < 1.29 is 28.8 Å². The molecule has 0 fully saturated rings. The number of hydrogen-bond donors (Lipinski definition) is 4. The average molecular weight is 565 g/mol. The lowest BCUT2D eigenvalue weighted by molar-refractivity contribution is 0.0373. The number of benzene rings is 2. The predicted octanol–water partition coefficient (Wildman–Crippen LogP) is 4.32. The fourth-order valence-corrected chi connectivity index (χ4v) is 4.58. The molecule has 5 amide bonds. The number of carbonyl (C=O) groups is 3. The van der Waals surface area contributed by atoms with Crippen LogP contribution in [0.25, 0.3) is 0 Å². The van der Waals surface area contributed by atoms with Gasteiger partial charge in [-0.25, -0.2) is 9.59 Å². The van der Waals surface area contributed by atoms with Crippen LogP contribution in [0.1, 0.15) is 35.7 Å². The normalized spacial score (nSPS) is 17.4. The Morgan fingerprint density at radius 2 is 1.85 bits per heavy atom. The number of amides is 5. The lowest BCUT2D eigenvalue weighted by Gasteiger charge is -2.38. The van der Waals surface area contributed by atoms with Gasteiger partial charge in [-0.05, 0) is 45.0 Å². The number of nitrogens with zero attached hydrogens (tertiary/aromatic N) is 3. The molecule has 0 saturated carbocycles. The summed E-state index contributed by atoms with van der Waals surface area (Å²) < 4.78 is 11.6. The van der Waals surface area contributed by atoms with Gasteiger partial charge in [0.2, 0.25) is 0 Å². The maximum Gasteiger partial charge on any atom is 0.323 e. The number of ether oxygens (including phenoxy) is 1. The molecule has 1 aromatic heterocycles. The molecule has 218 valence electrons. The SMILES string of the molecule is Cc1noc(C)c1NC(=O)N(C)C[C@H]1Oc2c(NC(=O)Nc3ccccc3)cccc2C(=O)N([C@@H](C)CO)C[C@H]1C. The molecule has 4 rings (SSSR count). The molecule has 3 atom stereocenters. The van der Waals surface area contributed by atoms with E-state index >= 15 is 0 Å². The van der Waals surface area contributed by atoms with Crippen molar-refractivity contribution in [3.63, 3.8) is 0 Å². The molecule has 12 nitrogen and oxygen atoms in total. The standard InChI is InChI=1S/C29H36N6O6/c1-17-14-35(18(2)16-36)27(37)22-12-9-13-23(31-28(38)30-21-10-7-6-8-11-21)26(22)40-24(17)15-34(5)29(39)32-25-19(3)33-41-20(25)4/h6-13,17-18,24,36H,14-16H2,1-5H3,(H,32,39)(H2,30,31,38)/t17-,18+,24-/m1/s1. The van der Waals surface area contributed by atoms with Gasteiger partial charge in [0.05, 0.1) is 30.4 Å². The molecule has 12 heteroatoms. The van der Waals surface area contributed by atoms with Gasteiger partial charge in [0.15, 0.2) is 11.5 Å². The van der Waals surface area contributed by atoms with Crippen LogP contribution < -0.4 is 20.7 Å². The van der Waals surface area contributed by atoms with Gasteiger partial charge in [0.25, 0.3) is 5.91 Å². The maximum atomic E-state index is 13.7. The predicted molar refractivity (Wildman–Crippen MR) is 154 cm³/mol. The Morgan fingerprint density at radius 1 is 1.12 bits per heavy atom. The summed E-state index contributed by atoms with van der Waals surface area (Å²) in [6, 6.07) is 12.5. The molecular weight excluding hydrogens is 528 g/mol. The Morgan fingerprint density at radius 3 is 2.51 bits per heavy atom. The minimum atomic E-state index is -0.573. The highest BCUT2D eigenvalue weighted by atomic mass is 16.5. The lowest BCUT2D eigenvalue weighted by atomic mass is 9.99. The first-order chi connectivity index (χ1) is 19.6. The van der Waals surface area contributed by atoms with E-state index in [1.54, 1.807) is 75.2 Å². The van der Waals surface area contributed by atoms with Crippen LogP contribution in [0.4, 0.5) is 26.7 Å². The van der Waals surface area contributed by atoms with Crippen LogP contribution in [-0.4, -0.2) is 76.9 Å². The second-order valence-corrected chi connectivity index (χ2v) is 10.3. The second kappa shape index (κ2) is 12.7. The molecule has 0 aliphatic carbocycles. The van der Waals surface area contributed by atoms with Crippen molar-refractivity contribution in [1.82, 2.24) is 15.0 Å². The van der Waals surface area contributed by atoms with Gasteiger partial charge < -0.3 is 40.1 Å². The average Bonchev–Trinajstić information content (AvgIpc) is 3.27. The number of anilines is 3. The minimum Gasteiger partial charge on any atom is -0.485 e. The molecular formula is C29H36N6O6. The first kappa shape index (κ1) is 29.4. The van der Waals surface area contributed by atoms with E-state index in [0.29, 0.717) is 28.5 Å². The number of aryl methyl sites for hydroxylation is 2. The van der Waals surface area contributed by atoms with Crippen LogP contribution >= 0.6 is 0 Å². The van der Waals surface area contributed by atoms with Crippen molar-refractivity contribution in [3.8, 4) is 5.75 Å². The third-order valence-corrected chi connectivity index (χ3v) is 7.04. The minimum absolute atomic E-state index is 0.163. The number of urea groups is 2. The van der Waals surface area contributed by atoms with Crippen molar-refractivity contribution in [1.29, 1.82) is 0 Å². The van der Waals surface area contributed by atoms with Crippen molar-refractivity contribution in [2.45, 2.75) is 39.8 Å². The first-order valence-corrected chi connectivity index (χ1v) is 13.4. The third kappa shape index (κ3) is 6.77. The summed E-state index contributed by atoms with van der Waals surface area (Å²) in [6.45, 7) is 7.35. The third-order valence-electron chi connectivity index (χ3n) is 7.04. The number of fused-ring (bicyclic) bond motifs is 1. The van der Waals surface area contributed by atoms with Gasteiger partial charge in [0, 0.05) is 25.2 Å². The van der Waals surface area contributed by atoms with Crippen molar-refractivity contribution in [3.05, 3.63) is 65.5 Å². The zero-order valence-electron chi connectivity index (χ0n) is 23.8. The van der Waals surface area contributed by atoms with Crippen LogP contribution in [0, 0.1) is 19.8 Å². The molecule has 0 spiro atoms. The molecule has 41 heavy (non-hydrogen) atoms. The summed E-state index contributed by atoms with van der Waals surface area (Å²) in [7, 11) is 1.64. The van der Waals surface area contributed by atoms with Crippen LogP contribution in [0.3, 0.4) is 0 Å². The smallest absolute Gasteiger partial charge is 0.323 e. The highest BCUT2D eigenvalue weighted by Crippen LogP contribution is 2.35. The number of para-hydroxylation sites is 2. The molecule has 2 heterocycles. The van der Waals surface area contributed by atoms with Crippen LogP contribution in [-0.2, 0) is 0 Å². The van der Waals surface area contributed by atoms with Gasteiger partial charge in [-0.15, -0.1) is 0 Å². The number of likely N-dealkylation sites (N-methyl/N-ethyl adjacent to an activating group) is 1. The molecule has 2 aromatic carbocycles. The molecule has 1 aliphatic heterocycles. The number of carbonyl (C=O) groups excluding carboxylic acids is 3. The van der Waals surface area contributed by atoms with Crippen LogP contribution in [0.2, 0.25) is 0 Å². The summed E-state index contributed by atoms with van der Waals surface area (Å²) in [5, 5.41) is 22.2. The van der Waals surface area contributed by atoms with E-state index in [1.165, 1.54) is 4.90 Å². The molecule has 0 unspecified atom stereocenters. The van der Waals surface area contributed by atoms with Crippen molar-refractivity contribution >= 4 is 35.0 Å². The number of hydrogen-bond acceptors (Lipinski definition) is 7. The van der Waals surface area contributed by atoms with Gasteiger partial charge in [-0.3, -0.25) is 4.79 Å². The van der Waals surface area contributed by atoms with Gasteiger partial charge >= 0.3 is 12.1 Å². The first-order valence-electron chi connectivity index (χ1n) is 13.4. The lowest BCUT2D eigenvalue weighted by Crippen LogP contribution is -2.50. The van der Waals surface area contributed by atoms with Crippen molar-refractivity contribution in [2.24, 2.45) is 5.92 Å². The number of rotatable bonds is 7. The molecule has 0 saturated heterocycles. The fraction of sp³-hybridized carbons (Fsp3) is 0.379. The van der Waals surface area contributed by atoms with E-state index in [4.69, 9.17) is 9.26 Å². The highest BCUT2D eigenvalue weighted by Gasteiger charge is 2.35. The topological polar surface area (TPSA) is 149 Å². The van der Waals surface area contributed by atoms with Crippen LogP contribution in [0.15, 0.2) is 53.1 Å². The van der Waals surface area contributed by atoms with Crippen LogP contribution in [0.5, 0.6) is 5.75 Å². The Balaban J connectivity index is 1.63. The Hall–Kier alpha value is -4.58. The van der Waals surface area contributed by atoms with E-state index in [-0.39, 0.29) is 48.9 Å². The van der Waals surface area contributed by atoms with E-state index in [1.807, 2.05) is 13.0 Å². The quantitative estimate of drug-likeness (QED) is 0.334. The number of aliphatic hydroxyl groups is 1. The van der Waals surface area contributed by atoms with Gasteiger partial charge in [-0.2, -0.15) is 0 Å². The molecule has 0 radical (unpaired) electrons. The Labute approximate surface area is 238 Å². The van der Waals surface area contributed by atoms with Gasteiger partial charge in [0.1, 0.15) is 17.5 Å². The maximum absolute atomic E-state index is 13.7. The molecule has 3 aromatic rings. The molecule has 4 N–H and O–H groups in total. The zero-order valence-corrected chi connectivity index (χ0v) is 23.8. The molecule has 1 aliphatic rings. The Bertz CT molecular complexity index is 1370. The largest absolute Gasteiger partial charge is 0.485 e. The number of nitrogens with one attached hydrogen (secondary N) is 3. The van der Waals surface area contributed by atoms with Crippen molar-refractivity contribution in [2.75, 3.05) is 42.7 Å². The highest BCUT2D eigenvalue weighted by molar-refractivity contribution is 6.04. The fourth-order valence-electron chi connectivity index (χ4n) is 4.58. The number of aliphatic hydroxyl groups excluding tert-OH is 1. The summed E-state index contributed by atoms with van der Waals surface area (Å²) in [4.78, 5) is 42.7. The second-order valence-electron chi connectivity index (χ2n) is 10.3. The summed E-state index contributed by atoms with van der Waals surface area (Å²) in [5.74, 6) is 0.0995. The van der Waals surface area contributed by atoms with E-state index in [9.17, 15) is 19.5 Å². The van der Waals surface area contributed by atoms with E-state index in [2.05, 4.69) is 21.1 Å². The van der Waals surface area contributed by atoms with E-state index in [0.717, 1.165) is 0 Å². The summed E-state index contributed by atoms with van der Waals surface area (Å²) in [5.41, 5.74) is 2.19. The van der Waals surface area contributed by atoms with Gasteiger partial charge in [-0.1, -0.05) is 36.3 Å².